The van der Waals surface area contributed by atoms with E-state index < -0.39 is 6.10 Å². The van der Waals surface area contributed by atoms with Crippen LogP contribution in [0.1, 0.15) is 32.1 Å². The number of methoxy groups -OCH3 is 1. The first-order valence-corrected chi connectivity index (χ1v) is 10.2. The Labute approximate surface area is 157 Å². The maximum atomic E-state index is 10.2. The topological polar surface area (TPSA) is 90.0 Å². The van der Waals surface area contributed by atoms with Crippen LogP contribution in [-0.2, 0) is 9.47 Å². The van der Waals surface area contributed by atoms with E-state index in [0.29, 0.717) is 25.4 Å². The van der Waals surface area contributed by atoms with Gasteiger partial charge in [0.1, 0.15) is 6.29 Å². The van der Waals surface area contributed by atoms with Crippen LogP contribution in [0.25, 0.3) is 0 Å². The van der Waals surface area contributed by atoms with E-state index in [-0.39, 0.29) is 18.5 Å². The Bertz CT molecular complexity index is 412. The Hall–Kier alpha value is -0.320. The largest absolute Gasteiger partial charge is 0.389 e. The molecule has 0 amide bonds. The first kappa shape index (κ1) is 20.4. The molecular formula is C18H37N5O3. The molecule has 8 nitrogen and oxygen atoms in total. The van der Waals surface area contributed by atoms with Gasteiger partial charge in [-0.2, -0.15) is 0 Å². The summed E-state index contributed by atoms with van der Waals surface area (Å²) in [6, 6.07) is 0.375. The highest BCUT2D eigenvalue weighted by molar-refractivity contribution is 4.88. The van der Waals surface area contributed by atoms with Crippen LogP contribution < -0.4 is 21.3 Å². The lowest BCUT2D eigenvalue weighted by atomic mass is 9.90. The van der Waals surface area contributed by atoms with Gasteiger partial charge in [-0.3, -0.25) is 16.0 Å². The number of ether oxygens (including phenoxy) is 2. The van der Waals surface area contributed by atoms with Crippen LogP contribution in [0.5, 0.6) is 0 Å². The molecule has 0 spiro atoms. The third-order valence-electron chi connectivity index (χ3n) is 5.85. The van der Waals surface area contributed by atoms with Crippen molar-refractivity contribution in [1.29, 1.82) is 0 Å². The maximum Gasteiger partial charge on any atom is 0.113 e. The smallest absolute Gasteiger partial charge is 0.113 e. The molecule has 0 radical (unpaired) electrons. The highest BCUT2D eigenvalue weighted by Gasteiger charge is 2.33. The second-order valence-electron chi connectivity index (χ2n) is 7.81. The van der Waals surface area contributed by atoms with Gasteiger partial charge in [0.2, 0.25) is 0 Å². The van der Waals surface area contributed by atoms with Crippen LogP contribution in [0.4, 0.5) is 0 Å². The van der Waals surface area contributed by atoms with E-state index in [1.165, 1.54) is 6.42 Å². The lowest BCUT2D eigenvalue weighted by Gasteiger charge is -2.40. The summed E-state index contributed by atoms with van der Waals surface area (Å²) in [5, 5.41) is 24.2. The van der Waals surface area contributed by atoms with Gasteiger partial charge < -0.3 is 24.8 Å². The molecule has 0 aromatic rings. The summed E-state index contributed by atoms with van der Waals surface area (Å²) >= 11 is 0. The fourth-order valence-electron chi connectivity index (χ4n) is 4.13. The number of hydrogen-bond donors (Lipinski definition) is 5. The van der Waals surface area contributed by atoms with E-state index in [2.05, 4.69) is 26.2 Å². The zero-order valence-electron chi connectivity index (χ0n) is 16.2. The monoisotopic (exact) mass is 371 g/mol. The van der Waals surface area contributed by atoms with Gasteiger partial charge in [-0.05, 0) is 52.2 Å². The Morgan fingerprint density at radius 2 is 2.08 bits per heavy atom. The average molecular weight is 372 g/mol. The molecule has 2 aliphatic heterocycles. The van der Waals surface area contributed by atoms with E-state index in [4.69, 9.17) is 9.47 Å². The number of nitrogens with one attached hydrogen (secondary N) is 4. The summed E-state index contributed by atoms with van der Waals surface area (Å²) in [6.45, 7) is 4.29. The zero-order valence-corrected chi connectivity index (χ0v) is 16.2. The van der Waals surface area contributed by atoms with Crippen LogP contribution in [-0.4, -0.2) is 93.8 Å². The summed E-state index contributed by atoms with van der Waals surface area (Å²) in [5.41, 5.74) is 0. The predicted molar refractivity (Wildman–Crippen MR) is 101 cm³/mol. The zero-order chi connectivity index (χ0) is 18.4. The predicted octanol–water partition coefficient (Wildman–Crippen LogP) is -0.993. The Balaban J connectivity index is 1.43. The molecule has 2 saturated heterocycles. The van der Waals surface area contributed by atoms with Gasteiger partial charge >= 0.3 is 0 Å². The van der Waals surface area contributed by atoms with Crippen molar-refractivity contribution >= 4 is 0 Å². The van der Waals surface area contributed by atoms with E-state index in [1.54, 1.807) is 7.11 Å². The molecule has 152 valence electrons. The summed E-state index contributed by atoms with van der Waals surface area (Å²) in [7, 11) is 3.74. The number of nitrogens with zero attached hydrogens (tertiary/aromatic N) is 1. The van der Waals surface area contributed by atoms with Crippen molar-refractivity contribution in [1.82, 2.24) is 26.2 Å². The first-order valence-electron chi connectivity index (χ1n) is 10.2. The quantitative estimate of drug-likeness (QED) is 0.353. The minimum Gasteiger partial charge on any atom is -0.389 e. The number of hydrogen-bond acceptors (Lipinski definition) is 8. The molecule has 1 saturated carbocycles. The first-order chi connectivity index (χ1) is 12.7. The molecule has 6 atom stereocenters. The van der Waals surface area contributed by atoms with Crippen molar-refractivity contribution in [2.75, 3.05) is 46.9 Å². The van der Waals surface area contributed by atoms with Crippen LogP contribution >= 0.6 is 0 Å². The molecule has 2 heterocycles. The van der Waals surface area contributed by atoms with Crippen molar-refractivity contribution < 1.29 is 14.6 Å². The van der Waals surface area contributed by atoms with Crippen molar-refractivity contribution in [3.63, 3.8) is 0 Å². The number of rotatable bonds is 9. The standard InChI is InChI=1S/C18H37N5O3/c1-19-17-6-7-20-18(22-17)21-13-4-5-15(25-2)16(10-13)26-12-14(24)11-23-8-3-9-23/h13-22,24H,3-12H2,1-2H3/t13?,14-,15?,16?,17?,18?/m0/s1. The summed E-state index contributed by atoms with van der Waals surface area (Å²) in [4.78, 5) is 2.27. The lowest BCUT2D eigenvalue weighted by Crippen LogP contribution is -2.66. The van der Waals surface area contributed by atoms with Crippen molar-refractivity contribution in [3.8, 4) is 0 Å². The van der Waals surface area contributed by atoms with Gasteiger partial charge in [-0.1, -0.05) is 0 Å². The molecule has 1 aliphatic carbocycles. The number of aliphatic hydroxyl groups is 1. The third kappa shape index (κ3) is 5.84. The molecule has 8 heteroatoms. The Morgan fingerprint density at radius 1 is 1.23 bits per heavy atom. The van der Waals surface area contributed by atoms with Gasteiger partial charge in [0.05, 0.1) is 31.1 Å². The number of β-amino-alcohol motifs (C(OH)–C–C–N with tert-alkyl or cyclic N) is 1. The van der Waals surface area contributed by atoms with Crippen molar-refractivity contribution in [2.45, 2.75) is 68.9 Å². The van der Waals surface area contributed by atoms with Gasteiger partial charge in [0.15, 0.2) is 0 Å². The average Bonchev–Trinajstić information content (AvgIpc) is 2.63. The molecule has 3 fully saturated rings. The van der Waals surface area contributed by atoms with E-state index in [0.717, 1.165) is 45.3 Å². The van der Waals surface area contributed by atoms with E-state index in [1.807, 2.05) is 7.05 Å². The number of aliphatic hydroxyl groups excluding tert-OH is 1. The van der Waals surface area contributed by atoms with Crippen molar-refractivity contribution in [3.05, 3.63) is 0 Å². The highest BCUT2D eigenvalue weighted by Crippen LogP contribution is 2.24. The lowest BCUT2D eigenvalue weighted by molar-refractivity contribution is -0.106. The molecule has 0 aromatic carbocycles. The minimum atomic E-state index is -0.417. The summed E-state index contributed by atoms with van der Waals surface area (Å²) in [5.74, 6) is 0. The molecule has 0 bridgehead atoms. The molecule has 3 rings (SSSR count). The van der Waals surface area contributed by atoms with Crippen molar-refractivity contribution in [2.24, 2.45) is 0 Å². The van der Waals surface area contributed by atoms with Gasteiger partial charge in [-0.15, -0.1) is 0 Å². The molecular weight excluding hydrogens is 334 g/mol. The second kappa shape index (κ2) is 10.3. The SMILES string of the molecule is CNC1CCNC(NC2CCC(OC)C(OC[C@@H](O)CN3CCC3)C2)N1. The molecule has 5 unspecified atom stereocenters. The third-order valence-corrected chi connectivity index (χ3v) is 5.85. The normalized spacial score (nSPS) is 37.3. The fourth-order valence-corrected chi connectivity index (χ4v) is 4.13. The molecule has 3 aliphatic rings. The van der Waals surface area contributed by atoms with Crippen LogP contribution in [0.2, 0.25) is 0 Å². The van der Waals surface area contributed by atoms with E-state index in [9.17, 15) is 5.11 Å². The van der Waals surface area contributed by atoms with Crippen LogP contribution in [0, 0.1) is 0 Å². The second-order valence-corrected chi connectivity index (χ2v) is 7.81. The molecule has 5 N–H and O–H groups in total. The van der Waals surface area contributed by atoms with Gasteiger partial charge in [-0.25, -0.2) is 0 Å². The fraction of sp³-hybridized carbons (Fsp3) is 1.00. The summed E-state index contributed by atoms with van der Waals surface area (Å²) < 4.78 is 11.7. The number of likely N-dealkylation sites (tertiary alicyclic amines) is 1. The van der Waals surface area contributed by atoms with Gasteiger partial charge in [0.25, 0.3) is 0 Å². The van der Waals surface area contributed by atoms with Crippen LogP contribution in [0.15, 0.2) is 0 Å². The van der Waals surface area contributed by atoms with Crippen LogP contribution in [0.3, 0.4) is 0 Å². The Morgan fingerprint density at radius 3 is 2.77 bits per heavy atom. The maximum absolute atomic E-state index is 10.2. The van der Waals surface area contributed by atoms with E-state index >= 15 is 0 Å². The molecule has 0 aromatic heterocycles. The Kier molecular flexibility index (Phi) is 8.08. The minimum absolute atomic E-state index is 0.0287. The highest BCUT2D eigenvalue weighted by atomic mass is 16.5. The molecule has 26 heavy (non-hydrogen) atoms. The summed E-state index contributed by atoms with van der Waals surface area (Å²) in [6.07, 6.45) is 5.44. The van der Waals surface area contributed by atoms with Gasteiger partial charge in [0, 0.05) is 26.2 Å².